The third-order valence-electron chi connectivity index (χ3n) is 8.66. The van der Waals surface area contributed by atoms with Crippen molar-refractivity contribution in [3.8, 4) is 11.5 Å². The lowest BCUT2D eigenvalue weighted by molar-refractivity contribution is -0.124. The van der Waals surface area contributed by atoms with E-state index in [1.807, 2.05) is 99.6 Å². The van der Waals surface area contributed by atoms with Gasteiger partial charge in [0.2, 0.25) is 6.29 Å². The average molecular weight is 687 g/mol. The first-order valence-corrected chi connectivity index (χ1v) is 17.2. The number of hydrogen-bond acceptors (Lipinski definition) is 9. The number of carbonyl (C=O) groups is 2. The molecule has 2 amide bonds. The molecule has 0 aliphatic carbocycles. The van der Waals surface area contributed by atoms with Crippen LogP contribution in [0.1, 0.15) is 56.3 Å². The van der Waals surface area contributed by atoms with Gasteiger partial charge in [-0.15, -0.1) is 0 Å². The molecule has 3 atom stereocenters. The minimum atomic E-state index is -0.593. The zero-order valence-corrected chi connectivity index (χ0v) is 28.8. The maximum atomic E-state index is 13.6. The number of piperidine rings is 1. The molecule has 3 aliphatic heterocycles. The van der Waals surface area contributed by atoms with Crippen molar-refractivity contribution in [2.75, 3.05) is 32.9 Å². The number of carbonyl (C=O) groups excluding carboxylic acids is 2. The summed E-state index contributed by atoms with van der Waals surface area (Å²) >= 11 is 0. The molecule has 3 aliphatic rings. The van der Waals surface area contributed by atoms with E-state index in [4.69, 9.17) is 33.2 Å². The molecule has 0 spiro atoms. The number of fused-ring (bicyclic) bond motifs is 2. The molecule has 0 radical (unpaired) electrons. The Morgan fingerprint density at radius 1 is 0.860 bits per heavy atom. The molecule has 1 N–H and O–H groups in total. The van der Waals surface area contributed by atoms with Crippen LogP contribution < -0.4 is 14.8 Å². The highest BCUT2D eigenvalue weighted by atomic mass is 16.7. The predicted molar refractivity (Wildman–Crippen MR) is 184 cm³/mol. The van der Waals surface area contributed by atoms with Gasteiger partial charge in [-0.2, -0.15) is 0 Å². The van der Waals surface area contributed by atoms with Gasteiger partial charge in [0.15, 0.2) is 0 Å². The summed E-state index contributed by atoms with van der Waals surface area (Å²) in [5, 5.41) is 3.10. The van der Waals surface area contributed by atoms with Crippen LogP contribution in [0, 0.1) is 11.8 Å². The summed E-state index contributed by atoms with van der Waals surface area (Å²) in [6.07, 6.45) is 3.14. The summed E-state index contributed by atoms with van der Waals surface area (Å²) in [5.41, 5.74) is 2.12. The maximum absolute atomic E-state index is 13.6. The van der Waals surface area contributed by atoms with Gasteiger partial charge in [0.05, 0.1) is 25.9 Å². The maximum Gasteiger partial charge on any atom is 0.410 e. The van der Waals surface area contributed by atoms with Crippen molar-refractivity contribution < 1.29 is 42.7 Å². The van der Waals surface area contributed by atoms with Crippen LogP contribution in [-0.4, -0.2) is 68.0 Å². The summed E-state index contributed by atoms with van der Waals surface area (Å²) in [6, 6.07) is 24.8. The van der Waals surface area contributed by atoms with E-state index in [0.717, 1.165) is 35.3 Å². The minimum absolute atomic E-state index is 0.157. The molecule has 266 valence electrons. The molecule has 3 aromatic rings. The first-order valence-electron chi connectivity index (χ1n) is 17.2. The van der Waals surface area contributed by atoms with Gasteiger partial charge in [-0.05, 0) is 68.1 Å². The fourth-order valence-electron chi connectivity index (χ4n) is 6.37. The quantitative estimate of drug-likeness (QED) is 0.202. The van der Waals surface area contributed by atoms with Crippen LogP contribution in [0.4, 0.5) is 9.59 Å². The Labute approximate surface area is 293 Å². The molecule has 3 unspecified atom stereocenters. The first kappa shape index (κ1) is 34.9. The Morgan fingerprint density at radius 3 is 2.26 bits per heavy atom. The molecule has 2 saturated heterocycles. The van der Waals surface area contributed by atoms with Crippen molar-refractivity contribution in [2.45, 2.75) is 64.3 Å². The van der Waals surface area contributed by atoms with Crippen LogP contribution >= 0.6 is 0 Å². The molecule has 50 heavy (non-hydrogen) atoms. The normalized spacial score (nSPS) is 20.6. The molecular formula is C39H46N2O9. The third-order valence-corrected chi connectivity index (χ3v) is 8.66. The Kier molecular flexibility index (Phi) is 11.3. The number of rotatable bonds is 12. The van der Waals surface area contributed by atoms with Crippen molar-refractivity contribution in [2.24, 2.45) is 11.8 Å². The molecule has 0 aromatic heterocycles. The van der Waals surface area contributed by atoms with Crippen LogP contribution in [0.15, 0.2) is 91.4 Å². The summed E-state index contributed by atoms with van der Waals surface area (Å²) in [5.74, 6) is 1.12. The highest BCUT2D eigenvalue weighted by Crippen LogP contribution is 2.32. The van der Waals surface area contributed by atoms with Crippen molar-refractivity contribution in [3.63, 3.8) is 0 Å². The molecule has 0 saturated carbocycles. The second kappa shape index (κ2) is 16.2. The summed E-state index contributed by atoms with van der Waals surface area (Å²) < 4.78 is 40.3. The number of likely N-dealkylation sites (tertiary alicyclic amines) is 1. The monoisotopic (exact) mass is 686 g/mol. The molecule has 11 nitrogen and oxygen atoms in total. The Balaban J connectivity index is 1.07. The van der Waals surface area contributed by atoms with Gasteiger partial charge in [-0.3, -0.25) is 0 Å². The highest BCUT2D eigenvalue weighted by Gasteiger charge is 2.45. The van der Waals surface area contributed by atoms with E-state index in [2.05, 4.69) is 5.32 Å². The van der Waals surface area contributed by atoms with E-state index in [0.29, 0.717) is 45.3 Å². The van der Waals surface area contributed by atoms with E-state index in [1.54, 1.807) is 17.4 Å². The van der Waals surface area contributed by atoms with Crippen LogP contribution in [-0.2, 0) is 30.3 Å². The van der Waals surface area contributed by atoms with Crippen LogP contribution in [0.3, 0.4) is 0 Å². The van der Waals surface area contributed by atoms with Gasteiger partial charge in [-0.1, -0.05) is 54.6 Å². The molecule has 3 aromatic carbocycles. The Morgan fingerprint density at radius 2 is 1.54 bits per heavy atom. The summed E-state index contributed by atoms with van der Waals surface area (Å²) in [6.45, 7) is 8.01. The standard InChI is InChI=1S/C39H46N2O9/c1-39(2,3)50-38(43)41-22-30-25-44-26-31(23-41)36(30)49-37(42)40-35(28-11-5-4-6-12-28)29-13-8-15-33(21-29)48-24-27-10-7-14-32(20-27)45-17-9-16-34-46-18-19-47-34/h4-8,10-15,18-21,30-31,34-36H,9,16-17,22-26H2,1-3H3,(H,40,42). The second-order valence-electron chi connectivity index (χ2n) is 13.8. The SMILES string of the molecule is CC(C)(C)OC(=O)N1CC2COCC(C1)C2OC(=O)NC(c1ccccc1)c1cccc(OCc2cccc(OCCCC3OC=CO3)c2)c1. The topological polar surface area (TPSA) is 114 Å². The number of amides is 2. The predicted octanol–water partition coefficient (Wildman–Crippen LogP) is 6.97. The molecule has 3 heterocycles. The molecule has 6 rings (SSSR count). The molecule has 11 heteroatoms. The van der Waals surface area contributed by atoms with Crippen LogP contribution in [0.5, 0.6) is 11.5 Å². The number of hydrogen-bond donors (Lipinski definition) is 1. The lowest BCUT2D eigenvalue weighted by atomic mass is 9.85. The van der Waals surface area contributed by atoms with Gasteiger partial charge < -0.3 is 43.4 Å². The van der Waals surface area contributed by atoms with Crippen molar-refractivity contribution >= 4 is 12.2 Å². The second-order valence-corrected chi connectivity index (χ2v) is 13.8. The van der Waals surface area contributed by atoms with Crippen molar-refractivity contribution in [1.82, 2.24) is 10.2 Å². The van der Waals surface area contributed by atoms with Gasteiger partial charge in [-0.25, -0.2) is 9.59 Å². The number of ether oxygens (including phenoxy) is 7. The van der Waals surface area contributed by atoms with Crippen molar-refractivity contribution in [3.05, 3.63) is 108 Å². The van der Waals surface area contributed by atoms with Gasteiger partial charge in [0, 0.05) is 31.3 Å². The van der Waals surface area contributed by atoms with E-state index in [1.165, 1.54) is 0 Å². The average Bonchev–Trinajstić information content (AvgIpc) is 3.62. The van der Waals surface area contributed by atoms with Crippen LogP contribution in [0.25, 0.3) is 0 Å². The van der Waals surface area contributed by atoms with Crippen LogP contribution in [0.2, 0.25) is 0 Å². The zero-order valence-electron chi connectivity index (χ0n) is 28.8. The number of nitrogens with one attached hydrogen (secondary N) is 1. The van der Waals surface area contributed by atoms with Gasteiger partial charge >= 0.3 is 12.2 Å². The first-order chi connectivity index (χ1) is 24.2. The van der Waals surface area contributed by atoms with E-state index in [9.17, 15) is 9.59 Å². The highest BCUT2D eigenvalue weighted by molar-refractivity contribution is 5.70. The lowest BCUT2D eigenvalue weighted by Gasteiger charge is -2.46. The van der Waals surface area contributed by atoms with Crippen molar-refractivity contribution in [1.29, 1.82) is 0 Å². The number of alkyl carbamates (subject to hydrolysis) is 1. The smallest absolute Gasteiger partial charge is 0.410 e. The molecule has 2 fully saturated rings. The number of nitrogens with zero attached hydrogens (tertiary/aromatic N) is 1. The summed E-state index contributed by atoms with van der Waals surface area (Å²) in [4.78, 5) is 28.1. The number of benzene rings is 3. The minimum Gasteiger partial charge on any atom is -0.494 e. The Bertz CT molecular complexity index is 1590. The fourth-order valence-corrected chi connectivity index (χ4v) is 6.37. The lowest BCUT2D eigenvalue weighted by Crippen LogP contribution is -2.59. The molecule has 2 bridgehead atoms. The summed E-state index contributed by atoms with van der Waals surface area (Å²) in [7, 11) is 0. The fraction of sp³-hybridized carbons (Fsp3) is 0.436. The van der Waals surface area contributed by atoms with E-state index >= 15 is 0 Å². The Hall–Kier alpha value is -4.90. The van der Waals surface area contributed by atoms with E-state index < -0.39 is 17.7 Å². The zero-order chi connectivity index (χ0) is 34.9. The van der Waals surface area contributed by atoms with E-state index in [-0.39, 0.29) is 30.3 Å². The van der Waals surface area contributed by atoms with Gasteiger partial charge in [0.25, 0.3) is 0 Å². The largest absolute Gasteiger partial charge is 0.494 e. The molecular weight excluding hydrogens is 640 g/mol. The van der Waals surface area contributed by atoms with Gasteiger partial charge in [0.1, 0.15) is 42.3 Å². The third kappa shape index (κ3) is 9.62.